The maximum Gasteiger partial charge on any atom is 0.316 e. The molecule has 15 heavy (non-hydrogen) atoms. The average Bonchev–Trinajstić information content (AvgIpc) is 2.41. The zero-order valence-electron chi connectivity index (χ0n) is 8.72. The summed E-state index contributed by atoms with van der Waals surface area (Å²) >= 11 is 0. The second-order valence-electron chi connectivity index (χ2n) is 4.12. The highest BCUT2D eigenvalue weighted by Crippen LogP contribution is 2.34. The predicted octanol–water partition coefficient (Wildman–Crippen LogP) is 1.34. The summed E-state index contributed by atoms with van der Waals surface area (Å²) in [6, 6.07) is 5.09. The van der Waals surface area contributed by atoms with E-state index in [1.807, 2.05) is 18.2 Å². The lowest BCUT2D eigenvalue weighted by molar-refractivity contribution is 0.259. The summed E-state index contributed by atoms with van der Waals surface area (Å²) in [5.74, 6) is 0. The van der Waals surface area contributed by atoms with Crippen LogP contribution in [0.1, 0.15) is 19.4 Å². The number of fused-ring (bicyclic) bond motifs is 1. The number of benzene rings is 1. The van der Waals surface area contributed by atoms with Crippen molar-refractivity contribution in [2.24, 2.45) is 5.73 Å². The molecule has 5 heteroatoms. The van der Waals surface area contributed by atoms with E-state index in [1.54, 1.807) is 0 Å². The van der Waals surface area contributed by atoms with Crippen LogP contribution in [0.25, 0.3) is 0 Å². The minimum absolute atomic E-state index is 0.0966. The molecule has 0 fully saturated rings. The standard InChI is InChI=1S/C10H14N4O/c1-10(2)7-4-3-6(12-9(11)15)5-8(7)13-14-10/h3-5,13-14H,1-2H3,(H3,11,12,15). The Morgan fingerprint density at radius 1 is 1.47 bits per heavy atom. The van der Waals surface area contributed by atoms with Gasteiger partial charge in [0.05, 0.1) is 11.2 Å². The molecular weight excluding hydrogens is 192 g/mol. The minimum Gasteiger partial charge on any atom is -0.351 e. The number of urea groups is 1. The number of hydrogen-bond acceptors (Lipinski definition) is 3. The molecule has 0 spiro atoms. The van der Waals surface area contributed by atoms with Gasteiger partial charge in [0.2, 0.25) is 0 Å². The summed E-state index contributed by atoms with van der Waals surface area (Å²) in [6.45, 7) is 4.15. The number of hydrogen-bond donors (Lipinski definition) is 4. The van der Waals surface area contributed by atoms with Crippen molar-refractivity contribution in [2.45, 2.75) is 19.4 Å². The summed E-state index contributed by atoms with van der Waals surface area (Å²) in [7, 11) is 0. The van der Waals surface area contributed by atoms with Gasteiger partial charge in [0.25, 0.3) is 0 Å². The Hall–Kier alpha value is -1.75. The van der Waals surface area contributed by atoms with Crippen molar-refractivity contribution in [1.82, 2.24) is 5.43 Å². The monoisotopic (exact) mass is 206 g/mol. The average molecular weight is 206 g/mol. The molecule has 1 aromatic carbocycles. The van der Waals surface area contributed by atoms with E-state index in [2.05, 4.69) is 30.0 Å². The first-order valence-electron chi connectivity index (χ1n) is 4.73. The van der Waals surface area contributed by atoms with Crippen molar-refractivity contribution in [3.05, 3.63) is 23.8 Å². The number of primary amides is 1. The largest absolute Gasteiger partial charge is 0.351 e. The molecule has 1 aliphatic heterocycles. The lowest BCUT2D eigenvalue weighted by Gasteiger charge is -2.17. The number of carbonyl (C=O) groups is 1. The van der Waals surface area contributed by atoms with E-state index in [-0.39, 0.29) is 5.54 Å². The topological polar surface area (TPSA) is 79.2 Å². The van der Waals surface area contributed by atoms with Crippen molar-refractivity contribution in [3.63, 3.8) is 0 Å². The Morgan fingerprint density at radius 2 is 2.20 bits per heavy atom. The van der Waals surface area contributed by atoms with Crippen molar-refractivity contribution in [1.29, 1.82) is 0 Å². The Balaban J connectivity index is 2.33. The van der Waals surface area contributed by atoms with Crippen LogP contribution in [-0.4, -0.2) is 6.03 Å². The van der Waals surface area contributed by atoms with Gasteiger partial charge in [-0.1, -0.05) is 6.07 Å². The van der Waals surface area contributed by atoms with E-state index in [1.165, 1.54) is 0 Å². The van der Waals surface area contributed by atoms with Gasteiger partial charge >= 0.3 is 6.03 Å². The fourth-order valence-corrected chi connectivity index (χ4v) is 1.70. The smallest absolute Gasteiger partial charge is 0.316 e. The number of hydrazine groups is 1. The van der Waals surface area contributed by atoms with Crippen LogP contribution >= 0.6 is 0 Å². The first kappa shape index (κ1) is 9.79. The molecule has 0 bridgehead atoms. The third kappa shape index (κ3) is 1.73. The number of anilines is 2. The van der Waals surface area contributed by atoms with Crippen LogP contribution in [0.15, 0.2) is 18.2 Å². The SMILES string of the molecule is CC1(C)NNc2cc(NC(N)=O)ccc21. The Kier molecular flexibility index (Phi) is 2.04. The predicted molar refractivity (Wildman–Crippen MR) is 59.4 cm³/mol. The highest BCUT2D eigenvalue weighted by molar-refractivity contribution is 5.88. The lowest BCUT2D eigenvalue weighted by atomic mass is 9.95. The van der Waals surface area contributed by atoms with Gasteiger partial charge in [-0.05, 0) is 31.5 Å². The Bertz CT molecular complexity index is 414. The number of carbonyl (C=O) groups excluding carboxylic acids is 1. The maximum absolute atomic E-state index is 10.7. The van der Waals surface area contributed by atoms with E-state index in [0.717, 1.165) is 11.3 Å². The molecule has 0 saturated heterocycles. The van der Waals surface area contributed by atoms with Crippen LogP contribution in [0.3, 0.4) is 0 Å². The molecule has 5 N–H and O–H groups in total. The molecule has 1 heterocycles. The first-order chi connectivity index (χ1) is 6.99. The molecule has 5 nitrogen and oxygen atoms in total. The van der Waals surface area contributed by atoms with E-state index >= 15 is 0 Å². The molecule has 80 valence electrons. The molecule has 0 aliphatic carbocycles. The van der Waals surface area contributed by atoms with Gasteiger partial charge in [-0.2, -0.15) is 0 Å². The molecule has 0 unspecified atom stereocenters. The molecule has 0 aromatic heterocycles. The zero-order chi connectivity index (χ0) is 11.1. The van der Waals surface area contributed by atoms with Crippen LogP contribution < -0.4 is 21.9 Å². The maximum atomic E-state index is 10.7. The number of nitrogens with one attached hydrogen (secondary N) is 3. The van der Waals surface area contributed by atoms with Crippen molar-refractivity contribution < 1.29 is 4.79 Å². The molecular formula is C10H14N4O. The third-order valence-corrected chi connectivity index (χ3v) is 2.47. The second kappa shape index (κ2) is 3.13. The highest BCUT2D eigenvalue weighted by Gasteiger charge is 2.28. The Morgan fingerprint density at radius 3 is 2.87 bits per heavy atom. The van der Waals surface area contributed by atoms with Gasteiger partial charge in [0.1, 0.15) is 0 Å². The van der Waals surface area contributed by atoms with E-state index in [4.69, 9.17) is 5.73 Å². The van der Waals surface area contributed by atoms with Gasteiger partial charge in [0.15, 0.2) is 0 Å². The van der Waals surface area contributed by atoms with Crippen LogP contribution in [0, 0.1) is 0 Å². The molecule has 1 aliphatic rings. The third-order valence-electron chi connectivity index (χ3n) is 2.47. The van der Waals surface area contributed by atoms with E-state index in [9.17, 15) is 4.79 Å². The molecule has 0 saturated carbocycles. The summed E-state index contributed by atoms with van der Waals surface area (Å²) in [5.41, 5.74) is 14.0. The van der Waals surface area contributed by atoms with Crippen LogP contribution in [0.2, 0.25) is 0 Å². The fraction of sp³-hybridized carbons (Fsp3) is 0.300. The van der Waals surface area contributed by atoms with Gasteiger partial charge in [-0.3, -0.25) is 0 Å². The van der Waals surface area contributed by atoms with Crippen molar-refractivity contribution in [2.75, 3.05) is 10.7 Å². The number of nitrogens with two attached hydrogens (primary N) is 1. The molecule has 0 atom stereocenters. The Labute approximate surface area is 88.0 Å². The first-order valence-corrected chi connectivity index (χ1v) is 4.73. The molecule has 2 rings (SSSR count). The second-order valence-corrected chi connectivity index (χ2v) is 4.12. The van der Waals surface area contributed by atoms with Gasteiger partial charge in [-0.25, -0.2) is 10.2 Å². The van der Waals surface area contributed by atoms with Crippen LogP contribution in [-0.2, 0) is 5.54 Å². The summed E-state index contributed by atoms with van der Waals surface area (Å²) in [5, 5.41) is 2.53. The van der Waals surface area contributed by atoms with Crippen LogP contribution in [0.4, 0.5) is 16.2 Å². The molecule has 1 aromatic rings. The summed E-state index contributed by atoms with van der Waals surface area (Å²) in [6.07, 6.45) is 0. The van der Waals surface area contributed by atoms with Gasteiger partial charge in [0, 0.05) is 5.69 Å². The highest BCUT2D eigenvalue weighted by atomic mass is 16.2. The van der Waals surface area contributed by atoms with E-state index in [0.29, 0.717) is 5.69 Å². The van der Waals surface area contributed by atoms with Crippen molar-refractivity contribution >= 4 is 17.4 Å². The lowest BCUT2D eigenvalue weighted by Crippen LogP contribution is -2.32. The minimum atomic E-state index is -0.555. The normalized spacial score (nSPS) is 16.7. The zero-order valence-corrected chi connectivity index (χ0v) is 8.72. The molecule has 2 amide bonds. The van der Waals surface area contributed by atoms with Crippen LogP contribution in [0.5, 0.6) is 0 Å². The van der Waals surface area contributed by atoms with Gasteiger partial charge < -0.3 is 16.5 Å². The summed E-state index contributed by atoms with van der Waals surface area (Å²) < 4.78 is 0. The quantitative estimate of drug-likeness (QED) is 0.560. The van der Waals surface area contributed by atoms with Crippen molar-refractivity contribution in [3.8, 4) is 0 Å². The number of rotatable bonds is 1. The summed E-state index contributed by atoms with van der Waals surface area (Å²) in [4.78, 5) is 10.7. The molecule has 0 radical (unpaired) electrons. The number of amides is 2. The van der Waals surface area contributed by atoms with Gasteiger partial charge in [-0.15, -0.1) is 0 Å². The van der Waals surface area contributed by atoms with E-state index < -0.39 is 6.03 Å². The fourth-order valence-electron chi connectivity index (χ4n) is 1.70.